The second kappa shape index (κ2) is 5.01. The molecule has 0 fully saturated rings. The molecule has 19 heavy (non-hydrogen) atoms. The van der Waals surface area contributed by atoms with Gasteiger partial charge in [0.2, 0.25) is 0 Å². The average Bonchev–Trinajstić information content (AvgIpc) is 2.64. The highest BCUT2D eigenvalue weighted by Crippen LogP contribution is 2.37. The number of fused-ring (bicyclic) bond motifs is 2. The second-order valence-electron chi connectivity index (χ2n) is 5.22. The maximum absolute atomic E-state index is 6.67. The molecular weight excluding hydrogens is 258 g/mol. The van der Waals surface area contributed by atoms with Crippen LogP contribution in [0.5, 0.6) is 5.75 Å². The topological polar surface area (TPSA) is 22.1 Å². The van der Waals surface area contributed by atoms with Gasteiger partial charge < -0.3 is 4.74 Å². The van der Waals surface area contributed by atoms with Crippen LogP contribution < -0.4 is 4.74 Å². The summed E-state index contributed by atoms with van der Waals surface area (Å²) in [6, 6.07) is 4.03. The maximum Gasteiger partial charge on any atom is 0.145 e. The number of benzene rings is 1. The summed E-state index contributed by atoms with van der Waals surface area (Å²) < 4.78 is 5.44. The number of rotatable bonds is 1. The Kier molecular flexibility index (Phi) is 3.36. The molecule has 0 saturated heterocycles. The second-order valence-corrected chi connectivity index (χ2v) is 5.60. The van der Waals surface area contributed by atoms with Gasteiger partial charge >= 0.3 is 0 Å². The van der Waals surface area contributed by atoms with Crippen LogP contribution in [0.1, 0.15) is 36.1 Å². The van der Waals surface area contributed by atoms with E-state index in [1.54, 1.807) is 7.11 Å². The van der Waals surface area contributed by atoms with Crippen molar-refractivity contribution in [1.29, 1.82) is 0 Å². The Morgan fingerprint density at radius 1 is 1.16 bits per heavy atom. The molecule has 1 aromatic heterocycles. The molecule has 0 amide bonds. The van der Waals surface area contributed by atoms with Crippen LogP contribution in [-0.2, 0) is 12.8 Å². The Morgan fingerprint density at radius 3 is 2.74 bits per heavy atom. The minimum atomic E-state index is 0.814. The molecule has 100 valence electrons. The normalized spacial score (nSPS) is 15.1. The highest BCUT2D eigenvalue weighted by atomic mass is 35.5. The highest BCUT2D eigenvalue weighted by molar-refractivity contribution is 6.36. The van der Waals surface area contributed by atoms with Crippen LogP contribution in [-0.4, -0.2) is 12.1 Å². The molecule has 0 atom stereocenters. The fourth-order valence-electron chi connectivity index (χ4n) is 2.94. The molecule has 1 heterocycles. The van der Waals surface area contributed by atoms with Gasteiger partial charge in [0.15, 0.2) is 0 Å². The molecule has 0 bridgehead atoms. The lowest BCUT2D eigenvalue weighted by Crippen LogP contribution is -2.00. The predicted molar refractivity (Wildman–Crippen MR) is 79.3 cm³/mol. The maximum atomic E-state index is 6.67. The lowest BCUT2D eigenvalue weighted by molar-refractivity contribution is 0.418. The lowest BCUT2D eigenvalue weighted by atomic mass is 10.0. The number of halogens is 1. The molecule has 1 aliphatic carbocycles. The fraction of sp³-hybridized carbons (Fsp3) is 0.438. The number of aryl methyl sites for hydroxylation is 2. The van der Waals surface area contributed by atoms with Crippen LogP contribution in [0.15, 0.2) is 12.1 Å². The molecular formula is C16H18ClNO. The number of hydrogen-bond donors (Lipinski definition) is 0. The summed E-state index contributed by atoms with van der Waals surface area (Å²) in [5.74, 6) is 0.814. The van der Waals surface area contributed by atoms with E-state index in [1.165, 1.54) is 36.1 Å². The fourth-order valence-corrected chi connectivity index (χ4v) is 3.38. The van der Waals surface area contributed by atoms with Crippen LogP contribution in [0.25, 0.3) is 10.9 Å². The van der Waals surface area contributed by atoms with Crippen molar-refractivity contribution < 1.29 is 4.74 Å². The standard InChI is InChI=1S/C16H18ClNO/c1-10-8-9-13(19-2)16-14(10)15(17)11-6-4-3-5-7-12(11)18-16/h8-9H,3-7H2,1-2H3. The summed E-state index contributed by atoms with van der Waals surface area (Å²) in [6.07, 6.45) is 5.76. The van der Waals surface area contributed by atoms with Gasteiger partial charge in [-0.15, -0.1) is 0 Å². The number of methoxy groups -OCH3 is 1. The molecule has 0 saturated carbocycles. The Labute approximate surface area is 118 Å². The molecule has 0 N–H and O–H groups in total. The van der Waals surface area contributed by atoms with E-state index >= 15 is 0 Å². The average molecular weight is 276 g/mol. The van der Waals surface area contributed by atoms with Crippen molar-refractivity contribution in [3.63, 3.8) is 0 Å². The van der Waals surface area contributed by atoms with Crippen LogP contribution in [0.3, 0.4) is 0 Å². The minimum Gasteiger partial charge on any atom is -0.494 e. The van der Waals surface area contributed by atoms with Crippen molar-refractivity contribution in [1.82, 2.24) is 4.98 Å². The molecule has 2 nitrogen and oxygen atoms in total. The van der Waals surface area contributed by atoms with Crippen LogP contribution in [0.4, 0.5) is 0 Å². The van der Waals surface area contributed by atoms with E-state index in [1.807, 2.05) is 6.07 Å². The number of pyridine rings is 1. The van der Waals surface area contributed by atoms with Gasteiger partial charge in [0.1, 0.15) is 11.3 Å². The SMILES string of the molecule is COc1ccc(C)c2c(Cl)c3c(nc12)CCCCC3. The van der Waals surface area contributed by atoms with Crippen molar-refractivity contribution in [2.75, 3.05) is 7.11 Å². The monoisotopic (exact) mass is 275 g/mol. The van der Waals surface area contributed by atoms with Gasteiger partial charge in [-0.1, -0.05) is 24.1 Å². The number of aromatic nitrogens is 1. The summed E-state index contributed by atoms with van der Waals surface area (Å²) in [4.78, 5) is 4.86. The van der Waals surface area contributed by atoms with Crippen molar-refractivity contribution in [3.8, 4) is 5.75 Å². The summed E-state index contributed by atoms with van der Waals surface area (Å²) in [5, 5.41) is 1.94. The molecule has 0 aliphatic heterocycles. The predicted octanol–water partition coefficient (Wildman–Crippen LogP) is 4.47. The third kappa shape index (κ3) is 2.08. The Balaban J connectivity index is 2.36. The smallest absolute Gasteiger partial charge is 0.145 e. The van der Waals surface area contributed by atoms with E-state index in [-0.39, 0.29) is 0 Å². The van der Waals surface area contributed by atoms with Gasteiger partial charge in [0, 0.05) is 11.1 Å². The van der Waals surface area contributed by atoms with Crippen molar-refractivity contribution in [2.45, 2.75) is 39.0 Å². The first-order valence-corrected chi connectivity index (χ1v) is 7.24. The molecule has 0 radical (unpaired) electrons. The lowest BCUT2D eigenvalue weighted by Gasteiger charge is -2.14. The molecule has 3 rings (SSSR count). The van der Waals surface area contributed by atoms with Gasteiger partial charge in [-0.25, -0.2) is 4.98 Å². The van der Waals surface area contributed by atoms with E-state index in [0.717, 1.165) is 34.5 Å². The molecule has 0 unspecified atom stereocenters. The highest BCUT2D eigenvalue weighted by Gasteiger charge is 2.18. The van der Waals surface area contributed by atoms with Gasteiger partial charge in [0.25, 0.3) is 0 Å². The third-order valence-corrected chi connectivity index (χ3v) is 4.41. The first-order chi connectivity index (χ1) is 9.22. The Morgan fingerprint density at radius 2 is 1.95 bits per heavy atom. The molecule has 1 aliphatic rings. The van der Waals surface area contributed by atoms with E-state index in [9.17, 15) is 0 Å². The van der Waals surface area contributed by atoms with E-state index < -0.39 is 0 Å². The zero-order valence-corrected chi connectivity index (χ0v) is 12.2. The van der Waals surface area contributed by atoms with Crippen LogP contribution >= 0.6 is 11.6 Å². The van der Waals surface area contributed by atoms with Crippen LogP contribution in [0, 0.1) is 6.92 Å². The molecule has 2 aromatic rings. The van der Waals surface area contributed by atoms with Gasteiger partial charge in [0.05, 0.1) is 12.1 Å². The first-order valence-electron chi connectivity index (χ1n) is 6.87. The Bertz CT molecular complexity index is 636. The molecule has 3 heteroatoms. The van der Waals surface area contributed by atoms with Crippen molar-refractivity contribution in [2.24, 2.45) is 0 Å². The van der Waals surface area contributed by atoms with E-state index in [0.29, 0.717) is 0 Å². The molecule has 1 aromatic carbocycles. The Hall–Kier alpha value is -1.28. The van der Waals surface area contributed by atoms with Gasteiger partial charge in [-0.05, 0) is 49.8 Å². The summed E-state index contributed by atoms with van der Waals surface area (Å²) in [5.41, 5.74) is 4.50. The largest absolute Gasteiger partial charge is 0.494 e. The zero-order valence-electron chi connectivity index (χ0n) is 11.4. The third-order valence-electron chi connectivity index (χ3n) is 3.99. The van der Waals surface area contributed by atoms with Gasteiger partial charge in [-0.3, -0.25) is 0 Å². The van der Waals surface area contributed by atoms with Crippen molar-refractivity contribution in [3.05, 3.63) is 34.0 Å². The number of ether oxygens (including phenoxy) is 1. The number of nitrogens with zero attached hydrogens (tertiary/aromatic N) is 1. The van der Waals surface area contributed by atoms with Crippen LogP contribution in [0.2, 0.25) is 5.02 Å². The number of hydrogen-bond acceptors (Lipinski definition) is 2. The summed E-state index contributed by atoms with van der Waals surface area (Å²) in [6.45, 7) is 2.08. The zero-order chi connectivity index (χ0) is 13.4. The summed E-state index contributed by atoms with van der Waals surface area (Å²) >= 11 is 6.67. The first kappa shape index (κ1) is 12.7. The quantitative estimate of drug-likeness (QED) is 0.716. The molecule has 0 spiro atoms. The minimum absolute atomic E-state index is 0.814. The van der Waals surface area contributed by atoms with E-state index in [4.69, 9.17) is 21.3 Å². The van der Waals surface area contributed by atoms with E-state index in [2.05, 4.69) is 13.0 Å². The van der Waals surface area contributed by atoms with Gasteiger partial charge in [-0.2, -0.15) is 0 Å². The summed E-state index contributed by atoms with van der Waals surface area (Å²) in [7, 11) is 1.69. The van der Waals surface area contributed by atoms with Crippen molar-refractivity contribution >= 4 is 22.5 Å².